The van der Waals surface area contributed by atoms with Crippen LogP contribution in [0, 0.1) is 11.3 Å². The molecule has 2 rings (SSSR count). The summed E-state index contributed by atoms with van der Waals surface area (Å²) >= 11 is 6.66. The summed E-state index contributed by atoms with van der Waals surface area (Å²) in [6.07, 6.45) is 0.733. The van der Waals surface area contributed by atoms with E-state index in [0.717, 1.165) is 6.08 Å². The summed E-state index contributed by atoms with van der Waals surface area (Å²) < 4.78 is 12.6. The Hall–Kier alpha value is -2.87. The van der Waals surface area contributed by atoms with Crippen molar-refractivity contribution in [3.05, 3.63) is 68.6 Å². The highest BCUT2D eigenvalue weighted by Crippen LogP contribution is 2.39. The van der Waals surface area contributed by atoms with Crippen molar-refractivity contribution < 1.29 is 29.3 Å². The Morgan fingerprint density at radius 2 is 1.94 bits per heavy atom. The van der Waals surface area contributed by atoms with Crippen LogP contribution in [0.4, 0.5) is 10.5 Å². The van der Waals surface area contributed by atoms with Crippen molar-refractivity contribution in [3.63, 3.8) is 0 Å². The Bertz CT molecular complexity index is 1050. The summed E-state index contributed by atoms with van der Waals surface area (Å²) in [5.74, 6) is -1.17. The van der Waals surface area contributed by atoms with Crippen LogP contribution in [0.5, 0.6) is 5.75 Å². The molecular formula is C23H22Br2N2O6. The third-order valence-electron chi connectivity index (χ3n) is 4.46. The van der Waals surface area contributed by atoms with Gasteiger partial charge in [-0.1, -0.05) is 22.0 Å². The first kappa shape index (κ1) is 26.4. The summed E-state index contributed by atoms with van der Waals surface area (Å²) in [6.45, 7) is 2.09. The zero-order chi connectivity index (χ0) is 24.4. The molecule has 0 aliphatic heterocycles. The number of amides is 1. The number of carboxylic acids is 1. The Morgan fingerprint density at radius 3 is 2.55 bits per heavy atom. The summed E-state index contributed by atoms with van der Waals surface area (Å²) in [4.78, 5) is 23.5. The first-order valence-electron chi connectivity index (χ1n) is 9.91. The average molecular weight is 582 g/mol. The van der Waals surface area contributed by atoms with Crippen LogP contribution in [0.25, 0.3) is 0 Å². The number of halogens is 2. The molecule has 0 aromatic heterocycles. The van der Waals surface area contributed by atoms with Gasteiger partial charge in [-0.05, 0) is 72.1 Å². The zero-order valence-electron chi connectivity index (χ0n) is 17.6. The molecule has 0 saturated carbocycles. The van der Waals surface area contributed by atoms with Gasteiger partial charge in [0.05, 0.1) is 22.2 Å². The molecule has 2 aromatic carbocycles. The van der Waals surface area contributed by atoms with Gasteiger partial charge in [-0.2, -0.15) is 5.26 Å². The molecule has 0 bridgehead atoms. The molecule has 0 fully saturated rings. The van der Waals surface area contributed by atoms with Gasteiger partial charge >= 0.3 is 12.1 Å². The van der Waals surface area contributed by atoms with Crippen molar-refractivity contribution in [2.24, 2.45) is 0 Å². The van der Waals surface area contributed by atoms with Gasteiger partial charge in [-0.15, -0.1) is 0 Å². The Balaban J connectivity index is 2.32. The number of aliphatic carboxylic acids is 1. The molecule has 33 heavy (non-hydrogen) atoms. The van der Waals surface area contributed by atoms with Crippen LogP contribution < -0.4 is 5.32 Å². The molecule has 174 valence electrons. The van der Waals surface area contributed by atoms with Gasteiger partial charge in [0.15, 0.2) is 6.10 Å². The number of nitrogens with one attached hydrogen (secondary N) is 1. The van der Waals surface area contributed by atoms with E-state index in [1.54, 1.807) is 43.3 Å². The van der Waals surface area contributed by atoms with Crippen molar-refractivity contribution in [2.45, 2.75) is 32.0 Å². The number of phenolic OH excluding ortho intramolecular Hbond substituents is 1. The Kier molecular flexibility index (Phi) is 10.4. The van der Waals surface area contributed by atoms with Crippen molar-refractivity contribution >= 4 is 49.6 Å². The predicted molar refractivity (Wildman–Crippen MR) is 129 cm³/mol. The van der Waals surface area contributed by atoms with Crippen LogP contribution in [-0.2, 0) is 14.3 Å². The molecule has 0 radical (unpaired) electrons. The number of nitriles is 1. The SMILES string of the molecule is CCO[C@@H](CC/C=C/C(=O)O)[C@@H](OC(=O)Nc1ccc(C#N)cc1)c1cc(Br)cc(Br)c1O. The van der Waals surface area contributed by atoms with Gasteiger partial charge < -0.3 is 19.7 Å². The zero-order valence-corrected chi connectivity index (χ0v) is 20.8. The lowest BCUT2D eigenvalue weighted by atomic mass is 9.99. The quantitative estimate of drug-likeness (QED) is 0.298. The molecule has 1 amide bonds. The summed E-state index contributed by atoms with van der Waals surface area (Å²) in [6, 6.07) is 11.5. The second-order valence-corrected chi connectivity index (χ2v) is 8.55. The monoisotopic (exact) mass is 580 g/mol. The maximum Gasteiger partial charge on any atom is 0.412 e. The van der Waals surface area contributed by atoms with Crippen LogP contribution in [0.3, 0.4) is 0 Å². The molecule has 3 N–H and O–H groups in total. The lowest BCUT2D eigenvalue weighted by Crippen LogP contribution is -2.29. The van der Waals surface area contributed by atoms with Crippen molar-refractivity contribution in [1.29, 1.82) is 5.26 Å². The molecular weight excluding hydrogens is 560 g/mol. The predicted octanol–water partition coefficient (Wildman–Crippen LogP) is 5.90. The number of carboxylic acid groups (broad SMARTS) is 1. The number of carbonyl (C=O) groups excluding carboxylic acids is 1. The highest BCUT2D eigenvalue weighted by Gasteiger charge is 2.31. The van der Waals surface area contributed by atoms with E-state index in [9.17, 15) is 14.7 Å². The lowest BCUT2D eigenvalue weighted by Gasteiger charge is -2.28. The number of phenols is 1. The molecule has 0 saturated heterocycles. The highest BCUT2D eigenvalue weighted by molar-refractivity contribution is 9.11. The second kappa shape index (κ2) is 13.0. The van der Waals surface area contributed by atoms with E-state index in [0.29, 0.717) is 45.2 Å². The number of aromatic hydroxyl groups is 1. The summed E-state index contributed by atoms with van der Waals surface area (Å²) in [7, 11) is 0. The number of anilines is 1. The minimum Gasteiger partial charge on any atom is -0.506 e. The number of benzene rings is 2. The molecule has 0 heterocycles. The van der Waals surface area contributed by atoms with Gasteiger partial charge in [0, 0.05) is 28.4 Å². The number of rotatable bonds is 10. The molecule has 0 aliphatic rings. The average Bonchev–Trinajstić information content (AvgIpc) is 2.77. The first-order valence-corrected chi connectivity index (χ1v) is 11.5. The van der Waals surface area contributed by atoms with E-state index in [1.165, 1.54) is 6.08 Å². The van der Waals surface area contributed by atoms with Crippen molar-refractivity contribution in [3.8, 4) is 11.8 Å². The maximum absolute atomic E-state index is 12.7. The molecule has 2 aromatic rings. The third-order valence-corrected chi connectivity index (χ3v) is 5.52. The minimum absolute atomic E-state index is 0.111. The first-order chi connectivity index (χ1) is 15.7. The third kappa shape index (κ3) is 8.20. The highest BCUT2D eigenvalue weighted by atomic mass is 79.9. The minimum atomic E-state index is -1.06. The van der Waals surface area contributed by atoms with Gasteiger partial charge in [0.1, 0.15) is 5.75 Å². The standard InChI is InChI=1S/C23H22Br2N2O6/c1-2-32-19(5-3-4-6-20(28)29)22(17-11-15(24)12-18(25)21(17)30)33-23(31)27-16-9-7-14(13-26)8-10-16/h4,6-12,19,22,30H,2-3,5H2,1H3,(H,27,31)(H,28,29)/b6-4+/t19-,22-/m0/s1. The molecule has 2 atom stereocenters. The summed E-state index contributed by atoms with van der Waals surface area (Å²) in [5, 5.41) is 31.0. The van der Waals surface area contributed by atoms with Gasteiger partial charge in [-0.3, -0.25) is 5.32 Å². The fraction of sp³-hybridized carbons (Fsp3) is 0.261. The normalized spacial score (nSPS) is 12.7. The van der Waals surface area contributed by atoms with Gasteiger partial charge in [0.25, 0.3) is 0 Å². The number of hydrogen-bond acceptors (Lipinski definition) is 6. The van der Waals surface area contributed by atoms with E-state index < -0.39 is 24.3 Å². The van der Waals surface area contributed by atoms with Crippen LogP contribution in [0.15, 0.2) is 57.5 Å². The fourth-order valence-electron chi connectivity index (χ4n) is 3.01. The number of allylic oxidation sites excluding steroid dienone is 1. The second-order valence-electron chi connectivity index (χ2n) is 6.78. The van der Waals surface area contributed by atoms with E-state index in [-0.39, 0.29) is 5.75 Å². The largest absolute Gasteiger partial charge is 0.506 e. The van der Waals surface area contributed by atoms with Gasteiger partial charge in [0.2, 0.25) is 0 Å². The Labute approximate surface area is 208 Å². The van der Waals surface area contributed by atoms with Crippen LogP contribution in [0.1, 0.15) is 37.0 Å². The van der Waals surface area contributed by atoms with E-state index >= 15 is 0 Å². The smallest absolute Gasteiger partial charge is 0.412 e. The molecule has 10 heteroatoms. The Morgan fingerprint density at radius 1 is 1.24 bits per heavy atom. The molecule has 0 aliphatic carbocycles. The number of nitrogens with zero attached hydrogens (tertiary/aromatic N) is 1. The van der Waals surface area contributed by atoms with E-state index in [1.807, 2.05) is 6.07 Å². The van der Waals surface area contributed by atoms with Gasteiger partial charge in [-0.25, -0.2) is 9.59 Å². The molecule has 0 spiro atoms. The van der Waals surface area contributed by atoms with Crippen LogP contribution in [0.2, 0.25) is 0 Å². The summed E-state index contributed by atoms with van der Waals surface area (Å²) in [5.41, 5.74) is 1.18. The number of hydrogen-bond donors (Lipinski definition) is 3. The number of carbonyl (C=O) groups is 2. The van der Waals surface area contributed by atoms with E-state index in [2.05, 4.69) is 37.2 Å². The number of ether oxygens (including phenoxy) is 2. The topological polar surface area (TPSA) is 129 Å². The molecule has 8 nitrogen and oxygen atoms in total. The fourth-order valence-corrected chi connectivity index (χ4v) is 4.27. The van der Waals surface area contributed by atoms with Crippen molar-refractivity contribution in [1.82, 2.24) is 0 Å². The van der Waals surface area contributed by atoms with Crippen molar-refractivity contribution in [2.75, 3.05) is 11.9 Å². The lowest BCUT2D eigenvalue weighted by molar-refractivity contribution is -0.131. The van der Waals surface area contributed by atoms with Crippen LogP contribution >= 0.6 is 31.9 Å². The molecule has 0 unspecified atom stereocenters. The van der Waals surface area contributed by atoms with E-state index in [4.69, 9.17) is 19.8 Å². The maximum atomic E-state index is 12.7. The van der Waals surface area contributed by atoms with Crippen LogP contribution in [-0.4, -0.2) is 35.0 Å².